The van der Waals surface area contributed by atoms with Crippen LogP contribution in [0.1, 0.15) is 41.0 Å². The minimum atomic E-state index is -0.541. The van der Waals surface area contributed by atoms with E-state index < -0.39 is 10.5 Å². The van der Waals surface area contributed by atoms with Crippen molar-refractivity contribution in [1.29, 1.82) is 0 Å². The van der Waals surface area contributed by atoms with Crippen LogP contribution in [0.2, 0.25) is 0 Å². The first-order valence-corrected chi connectivity index (χ1v) is 8.90. The molecule has 0 aliphatic carbocycles. The summed E-state index contributed by atoms with van der Waals surface area (Å²) in [5.41, 5.74) is -0.930. The molecule has 1 saturated heterocycles. The third-order valence-corrected chi connectivity index (χ3v) is 4.41. The number of nitro benzene ring substituents is 1. The van der Waals surface area contributed by atoms with Gasteiger partial charge < -0.3 is 19.1 Å². The topological polar surface area (TPSA) is 91.1 Å². The Bertz CT molecular complexity index is 711. The van der Waals surface area contributed by atoms with Gasteiger partial charge in [-0.3, -0.25) is 10.1 Å². The molecule has 1 aromatic rings. The number of ether oxygens (including phenoxy) is 3. The van der Waals surface area contributed by atoms with E-state index in [1.54, 1.807) is 11.0 Å². The van der Waals surface area contributed by atoms with E-state index in [-0.39, 0.29) is 23.3 Å². The van der Waals surface area contributed by atoms with Crippen LogP contribution in [0.4, 0.5) is 10.5 Å². The summed E-state index contributed by atoms with van der Waals surface area (Å²) >= 11 is 0. The highest BCUT2D eigenvalue weighted by atomic mass is 16.6. The molecule has 1 fully saturated rings. The van der Waals surface area contributed by atoms with Crippen LogP contribution in [0, 0.1) is 15.5 Å². The number of benzene rings is 1. The Morgan fingerprint density at radius 2 is 1.96 bits per heavy atom. The second kappa shape index (κ2) is 7.62. The largest absolute Gasteiger partial charge is 0.493 e. The fourth-order valence-corrected chi connectivity index (χ4v) is 3.06. The average Bonchev–Trinajstić information content (AvgIpc) is 2.54. The second-order valence-electron chi connectivity index (χ2n) is 8.38. The smallest absolute Gasteiger partial charge is 0.410 e. The molecule has 0 saturated carbocycles. The van der Waals surface area contributed by atoms with Crippen molar-refractivity contribution in [1.82, 2.24) is 4.90 Å². The molecule has 0 spiro atoms. The van der Waals surface area contributed by atoms with Crippen molar-refractivity contribution in [2.45, 2.75) is 52.7 Å². The van der Waals surface area contributed by atoms with Crippen molar-refractivity contribution >= 4 is 11.8 Å². The molecule has 0 N–H and O–H groups in total. The molecular formula is C19H28N2O6. The number of nitro groups is 1. The number of hydrogen-bond donors (Lipinski definition) is 0. The first kappa shape index (κ1) is 20.8. The van der Waals surface area contributed by atoms with Gasteiger partial charge >= 0.3 is 6.09 Å². The fourth-order valence-electron chi connectivity index (χ4n) is 3.06. The first-order chi connectivity index (χ1) is 12.4. The molecule has 8 heteroatoms. The van der Waals surface area contributed by atoms with Crippen LogP contribution in [0.5, 0.6) is 11.5 Å². The number of rotatable bonds is 4. The molecule has 1 amide bonds. The van der Waals surface area contributed by atoms with E-state index in [0.29, 0.717) is 31.0 Å². The summed E-state index contributed by atoms with van der Waals surface area (Å²) < 4.78 is 16.8. The molecule has 0 radical (unpaired) electrons. The van der Waals surface area contributed by atoms with Crippen LogP contribution in [-0.2, 0) is 4.74 Å². The zero-order valence-electron chi connectivity index (χ0n) is 16.8. The minimum absolute atomic E-state index is 0.0572. The monoisotopic (exact) mass is 380 g/mol. The maximum Gasteiger partial charge on any atom is 0.410 e. The number of non-ortho nitro benzene ring substituents is 1. The van der Waals surface area contributed by atoms with E-state index in [0.717, 1.165) is 0 Å². The van der Waals surface area contributed by atoms with Gasteiger partial charge in [0.15, 0.2) is 11.5 Å². The van der Waals surface area contributed by atoms with Crippen LogP contribution in [0.15, 0.2) is 18.2 Å². The van der Waals surface area contributed by atoms with Gasteiger partial charge in [-0.25, -0.2) is 4.79 Å². The van der Waals surface area contributed by atoms with Crippen molar-refractivity contribution in [3.8, 4) is 11.5 Å². The summed E-state index contributed by atoms with van der Waals surface area (Å²) in [7, 11) is 1.45. The quantitative estimate of drug-likeness (QED) is 0.579. The van der Waals surface area contributed by atoms with E-state index in [4.69, 9.17) is 14.2 Å². The SMILES string of the molecule is COc1cc([N+](=O)[O-])ccc1OC1CCN(C(=O)OC(C)(C)C)CC1(C)C. The van der Waals surface area contributed by atoms with Gasteiger partial charge in [-0.1, -0.05) is 13.8 Å². The summed E-state index contributed by atoms with van der Waals surface area (Å²) in [5.74, 6) is 0.765. The Balaban J connectivity index is 2.11. The van der Waals surface area contributed by atoms with E-state index in [2.05, 4.69) is 0 Å². The normalized spacial score (nSPS) is 19.3. The molecule has 150 valence electrons. The zero-order valence-corrected chi connectivity index (χ0v) is 16.8. The summed E-state index contributed by atoms with van der Waals surface area (Å²) in [5, 5.41) is 10.9. The van der Waals surface area contributed by atoms with Gasteiger partial charge in [-0.15, -0.1) is 0 Å². The van der Waals surface area contributed by atoms with Gasteiger partial charge in [0, 0.05) is 31.0 Å². The molecule has 1 aliphatic rings. The molecule has 1 unspecified atom stereocenters. The number of nitrogens with zero attached hydrogens (tertiary/aromatic N) is 2. The minimum Gasteiger partial charge on any atom is -0.493 e. The van der Waals surface area contributed by atoms with E-state index in [1.165, 1.54) is 19.2 Å². The van der Waals surface area contributed by atoms with E-state index in [1.807, 2.05) is 34.6 Å². The summed E-state index contributed by atoms with van der Waals surface area (Å²) in [4.78, 5) is 24.5. The molecule has 2 rings (SSSR count). The van der Waals surface area contributed by atoms with Crippen LogP contribution in [0.3, 0.4) is 0 Å². The first-order valence-electron chi connectivity index (χ1n) is 8.90. The zero-order chi connectivity index (χ0) is 20.4. The van der Waals surface area contributed by atoms with Gasteiger partial charge in [0.2, 0.25) is 0 Å². The Kier molecular flexibility index (Phi) is 5.87. The molecule has 8 nitrogen and oxygen atoms in total. The molecular weight excluding hydrogens is 352 g/mol. The molecule has 0 aromatic heterocycles. The predicted octanol–water partition coefficient (Wildman–Crippen LogP) is 4.02. The lowest BCUT2D eigenvalue weighted by molar-refractivity contribution is -0.385. The maximum atomic E-state index is 12.3. The van der Waals surface area contributed by atoms with Crippen molar-refractivity contribution in [2.75, 3.05) is 20.2 Å². The highest BCUT2D eigenvalue weighted by Crippen LogP contribution is 2.38. The number of hydrogen-bond acceptors (Lipinski definition) is 6. The van der Waals surface area contributed by atoms with Crippen molar-refractivity contribution in [2.24, 2.45) is 5.41 Å². The van der Waals surface area contributed by atoms with Gasteiger partial charge in [0.1, 0.15) is 11.7 Å². The fraction of sp³-hybridized carbons (Fsp3) is 0.632. The summed E-state index contributed by atoms with van der Waals surface area (Å²) in [6.07, 6.45) is 0.111. The number of piperidine rings is 1. The standard InChI is InChI=1S/C19H28N2O6/c1-18(2,3)27-17(22)20-10-9-16(19(4,5)12-20)26-14-8-7-13(21(23)24)11-15(14)25-6/h7-8,11,16H,9-10,12H2,1-6H3. The Morgan fingerprint density at radius 1 is 1.30 bits per heavy atom. The molecule has 27 heavy (non-hydrogen) atoms. The number of carbonyl (C=O) groups is 1. The summed E-state index contributed by atoms with van der Waals surface area (Å²) in [6, 6.07) is 4.28. The average molecular weight is 380 g/mol. The van der Waals surface area contributed by atoms with Crippen LogP contribution < -0.4 is 9.47 Å². The number of methoxy groups -OCH3 is 1. The van der Waals surface area contributed by atoms with Crippen molar-refractivity contribution in [3.63, 3.8) is 0 Å². The highest BCUT2D eigenvalue weighted by molar-refractivity contribution is 5.68. The van der Waals surface area contributed by atoms with Gasteiger partial charge in [-0.2, -0.15) is 0 Å². The Hall–Kier alpha value is -2.51. The number of likely N-dealkylation sites (tertiary alicyclic amines) is 1. The van der Waals surface area contributed by atoms with Gasteiger partial charge in [0.05, 0.1) is 18.1 Å². The van der Waals surface area contributed by atoms with Gasteiger partial charge in [0.25, 0.3) is 5.69 Å². The summed E-state index contributed by atoms with van der Waals surface area (Å²) in [6.45, 7) is 10.6. The number of amides is 1. The van der Waals surface area contributed by atoms with Crippen molar-refractivity contribution in [3.05, 3.63) is 28.3 Å². The Labute approximate surface area is 159 Å². The van der Waals surface area contributed by atoms with Crippen LogP contribution in [-0.4, -0.2) is 47.8 Å². The third-order valence-electron chi connectivity index (χ3n) is 4.41. The predicted molar refractivity (Wildman–Crippen MR) is 100 cm³/mol. The molecule has 1 heterocycles. The van der Waals surface area contributed by atoms with Crippen LogP contribution in [0.25, 0.3) is 0 Å². The lowest BCUT2D eigenvalue weighted by Gasteiger charge is -2.44. The van der Waals surface area contributed by atoms with E-state index >= 15 is 0 Å². The Morgan fingerprint density at radius 3 is 2.48 bits per heavy atom. The third kappa shape index (κ3) is 5.24. The number of carbonyl (C=O) groups excluding carboxylic acids is 1. The second-order valence-corrected chi connectivity index (χ2v) is 8.38. The van der Waals surface area contributed by atoms with Crippen molar-refractivity contribution < 1.29 is 23.9 Å². The molecule has 1 aromatic carbocycles. The van der Waals surface area contributed by atoms with Gasteiger partial charge in [-0.05, 0) is 26.8 Å². The maximum absolute atomic E-state index is 12.3. The molecule has 1 atom stereocenters. The molecule has 0 bridgehead atoms. The van der Waals surface area contributed by atoms with E-state index in [9.17, 15) is 14.9 Å². The van der Waals surface area contributed by atoms with Crippen LogP contribution >= 0.6 is 0 Å². The highest BCUT2D eigenvalue weighted by Gasteiger charge is 2.40. The lowest BCUT2D eigenvalue weighted by Crippen LogP contribution is -2.53. The lowest BCUT2D eigenvalue weighted by atomic mass is 9.81. The molecule has 1 aliphatic heterocycles.